The molecule has 3 rings (SSSR count). The molecule has 0 unspecified atom stereocenters. The molecule has 1 aliphatic heterocycles. The van der Waals surface area contributed by atoms with E-state index in [9.17, 15) is 18.0 Å². The molecule has 0 spiro atoms. The number of benzene rings is 1. The van der Waals surface area contributed by atoms with Crippen molar-refractivity contribution in [3.63, 3.8) is 0 Å². The largest absolute Gasteiger partial charge is 0.476 e. The number of sulfonamides is 1. The van der Waals surface area contributed by atoms with E-state index in [1.807, 2.05) is 0 Å². The Labute approximate surface area is 156 Å². The van der Waals surface area contributed by atoms with Crippen LogP contribution in [0.4, 0.5) is 0 Å². The molecule has 0 radical (unpaired) electrons. The van der Waals surface area contributed by atoms with Crippen LogP contribution in [-0.2, 0) is 21.4 Å². The zero-order chi connectivity index (χ0) is 19.4. The number of aryl methyl sites for hydroxylation is 1. The van der Waals surface area contributed by atoms with E-state index in [0.29, 0.717) is 13.1 Å². The number of aromatic carboxylic acids is 1. The summed E-state index contributed by atoms with van der Waals surface area (Å²) in [5.41, 5.74) is -0.0674. The highest BCUT2D eigenvalue weighted by molar-refractivity contribution is 7.89. The molecule has 1 saturated heterocycles. The molecule has 1 fully saturated rings. The molecule has 0 atom stereocenters. The van der Waals surface area contributed by atoms with E-state index in [4.69, 9.17) is 5.11 Å². The fraction of sp³-hybridized carbons (Fsp3) is 0.353. The number of amides is 1. The fourth-order valence-corrected chi connectivity index (χ4v) is 4.33. The number of rotatable bonds is 6. The summed E-state index contributed by atoms with van der Waals surface area (Å²) in [4.78, 5) is 25.0. The maximum atomic E-state index is 12.6. The van der Waals surface area contributed by atoms with Crippen molar-refractivity contribution in [2.75, 3.05) is 26.2 Å². The van der Waals surface area contributed by atoms with Gasteiger partial charge in [0.15, 0.2) is 5.69 Å². The van der Waals surface area contributed by atoms with Crippen LogP contribution < -0.4 is 0 Å². The second-order valence-electron chi connectivity index (χ2n) is 6.12. The third-order valence-electron chi connectivity index (χ3n) is 4.39. The normalized spacial score (nSPS) is 15.6. The zero-order valence-corrected chi connectivity index (χ0v) is 15.4. The van der Waals surface area contributed by atoms with Gasteiger partial charge in [-0.1, -0.05) is 18.2 Å². The lowest BCUT2D eigenvalue weighted by atomic mass is 10.3. The Hall–Kier alpha value is -2.72. The molecule has 27 heavy (non-hydrogen) atoms. The van der Waals surface area contributed by atoms with Crippen LogP contribution in [0.25, 0.3) is 0 Å². The maximum absolute atomic E-state index is 12.6. The first-order chi connectivity index (χ1) is 12.9. The van der Waals surface area contributed by atoms with Crippen LogP contribution in [0.5, 0.6) is 0 Å². The molecule has 10 heteroatoms. The van der Waals surface area contributed by atoms with Gasteiger partial charge >= 0.3 is 5.97 Å². The Morgan fingerprint density at radius 2 is 1.70 bits per heavy atom. The van der Waals surface area contributed by atoms with Gasteiger partial charge in [-0.3, -0.25) is 9.48 Å². The number of hydrogen-bond acceptors (Lipinski definition) is 5. The van der Waals surface area contributed by atoms with Crippen LogP contribution in [0.1, 0.15) is 16.9 Å². The van der Waals surface area contributed by atoms with Gasteiger partial charge in [-0.05, 0) is 18.2 Å². The van der Waals surface area contributed by atoms with Gasteiger partial charge < -0.3 is 10.0 Å². The van der Waals surface area contributed by atoms with Crippen LogP contribution in [0.15, 0.2) is 47.5 Å². The Morgan fingerprint density at radius 3 is 2.30 bits per heavy atom. The van der Waals surface area contributed by atoms with Gasteiger partial charge in [0, 0.05) is 45.3 Å². The molecule has 1 amide bonds. The lowest BCUT2D eigenvalue weighted by molar-refractivity contribution is -0.132. The number of nitrogens with zero attached hydrogens (tertiary/aromatic N) is 4. The minimum Gasteiger partial charge on any atom is -0.476 e. The zero-order valence-electron chi connectivity index (χ0n) is 14.6. The average Bonchev–Trinajstić information content (AvgIpc) is 3.16. The first-order valence-electron chi connectivity index (χ1n) is 8.47. The summed E-state index contributed by atoms with van der Waals surface area (Å²) >= 11 is 0. The second-order valence-corrected chi connectivity index (χ2v) is 8.06. The molecule has 1 N–H and O–H groups in total. The SMILES string of the molecule is O=C(O)c1ccn(CCC(=O)N2CCN(S(=O)(=O)c3ccccc3)CC2)n1. The predicted molar refractivity (Wildman–Crippen MR) is 95.6 cm³/mol. The van der Waals surface area contributed by atoms with Gasteiger partial charge in [-0.15, -0.1) is 0 Å². The smallest absolute Gasteiger partial charge is 0.356 e. The van der Waals surface area contributed by atoms with E-state index in [0.717, 1.165) is 0 Å². The number of aromatic nitrogens is 2. The van der Waals surface area contributed by atoms with Crippen molar-refractivity contribution < 1.29 is 23.1 Å². The molecule has 144 valence electrons. The quantitative estimate of drug-likeness (QED) is 0.766. The van der Waals surface area contributed by atoms with E-state index >= 15 is 0 Å². The molecule has 0 bridgehead atoms. The fourth-order valence-electron chi connectivity index (χ4n) is 2.89. The predicted octanol–water partition coefficient (Wildman–Crippen LogP) is 0.504. The molecular formula is C17H20N4O5S. The standard InChI is InChI=1S/C17H20N4O5S/c22-16(7-9-20-8-6-15(18-20)17(23)24)19-10-12-21(13-11-19)27(25,26)14-4-2-1-3-5-14/h1-6,8H,7,9-13H2,(H,23,24). The molecule has 2 aromatic rings. The summed E-state index contributed by atoms with van der Waals surface area (Å²) < 4.78 is 28.0. The Kier molecular flexibility index (Phi) is 5.57. The summed E-state index contributed by atoms with van der Waals surface area (Å²) in [6.07, 6.45) is 1.69. The first kappa shape index (κ1) is 19.1. The number of carboxylic acids is 1. The van der Waals surface area contributed by atoms with Crippen LogP contribution in [0.3, 0.4) is 0 Å². The van der Waals surface area contributed by atoms with Crippen molar-refractivity contribution in [1.29, 1.82) is 0 Å². The number of carbonyl (C=O) groups excluding carboxylic acids is 1. The van der Waals surface area contributed by atoms with E-state index in [1.165, 1.54) is 21.3 Å². The number of piperazine rings is 1. The van der Waals surface area contributed by atoms with Gasteiger partial charge in [0.2, 0.25) is 15.9 Å². The van der Waals surface area contributed by atoms with Gasteiger partial charge in [-0.25, -0.2) is 13.2 Å². The monoisotopic (exact) mass is 392 g/mol. The van der Waals surface area contributed by atoms with Crippen LogP contribution in [0, 0.1) is 0 Å². The van der Waals surface area contributed by atoms with Crippen molar-refractivity contribution in [3.05, 3.63) is 48.3 Å². The molecule has 1 aromatic heterocycles. The highest BCUT2D eigenvalue weighted by Gasteiger charge is 2.29. The molecule has 1 aromatic carbocycles. The molecule has 9 nitrogen and oxygen atoms in total. The third kappa shape index (κ3) is 4.34. The van der Waals surface area contributed by atoms with Gasteiger partial charge in [0.1, 0.15) is 0 Å². The van der Waals surface area contributed by atoms with E-state index in [-0.39, 0.29) is 42.6 Å². The molecule has 1 aliphatic rings. The van der Waals surface area contributed by atoms with E-state index in [2.05, 4.69) is 5.10 Å². The molecule has 0 aliphatic carbocycles. The number of carboxylic acid groups (broad SMARTS) is 1. The summed E-state index contributed by atoms with van der Waals surface area (Å²) in [5, 5.41) is 12.7. The van der Waals surface area contributed by atoms with Crippen molar-refractivity contribution in [2.45, 2.75) is 17.9 Å². The van der Waals surface area contributed by atoms with Crippen molar-refractivity contribution in [1.82, 2.24) is 19.0 Å². The van der Waals surface area contributed by atoms with Gasteiger partial charge in [0.25, 0.3) is 0 Å². The van der Waals surface area contributed by atoms with E-state index in [1.54, 1.807) is 35.2 Å². The maximum Gasteiger partial charge on any atom is 0.356 e. The van der Waals surface area contributed by atoms with Crippen molar-refractivity contribution >= 4 is 21.9 Å². The van der Waals surface area contributed by atoms with Crippen molar-refractivity contribution in [2.24, 2.45) is 0 Å². The molecular weight excluding hydrogens is 372 g/mol. The lowest BCUT2D eigenvalue weighted by Crippen LogP contribution is -2.50. The van der Waals surface area contributed by atoms with Crippen LogP contribution >= 0.6 is 0 Å². The van der Waals surface area contributed by atoms with Gasteiger partial charge in [0.05, 0.1) is 4.90 Å². The summed E-state index contributed by atoms with van der Waals surface area (Å²) in [6.45, 7) is 1.41. The second kappa shape index (κ2) is 7.89. The summed E-state index contributed by atoms with van der Waals surface area (Å²) in [5.74, 6) is -1.23. The highest BCUT2D eigenvalue weighted by Crippen LogP contribution is 2.17. The topological polar surface area (TPSA) is 113 Å². The molecule has 2 heterocycles. The molecule has 0 saturated carbocycles. The van der Waals surface area contributed by atoms with Gasteiger partial charge in [-0.2, -0.15) is 9.40 Å². The summed E-state index contributed by atoms with van der Waals surface area (Å²) in [7, 11) is -3.55. The minimum absolute atomic E-state index is 0.0674. The summed E-state index contributed by atoms with van der Waals surface area (Å²) in [6, 6.07) is 9.61. The Morgan fingerprint density at radius 1 is 1.04 bits per heavy atom. The van der Waals surface area contributed by atoms with E-state index < -0.39 is 16.0 Å². The van der Waals surface area contributed by atoms with Crippen LogP contribution in [0.2, 0.25) is 0 Å². The number of carbonyl (C=O) groups is 2. The lowest BCUT2D eigenvalue weighted by Gasteiger charge is -2.34. The highest BCUT2D eigenvalue weighted by atomic mass is 32.2. The first-order valence-corrected chi connectivity index (χ1v) is 9.91. The minimum atomic E-state index is -3.55. The van der Waals surface area contributed by atoms with Crippen LogP contribution in [-0.4, -0.2) is 70.6 Å². The Balaban J connectivity index is 1.52. The number of hydrogen-bond donors (Lipinski definition) is 1. The third-order valence-corrected chi connectivity index (χ3v) is 6.30. The van der Waals surface area contributed by atoms with Crippen molar-refractivity contribution in [3.8, 4) is 0 Å². The Bertz CT molecular complexity index is 918. The average molecular weight is 392 g/mol.